The highest BCUT2D eigenvalue weighted by Gasteiger charge is 2.20. The summed E-state index contributed by atoms with van der Waals surface area (Å²) in [6.07, 6.45) is -0.561. The fraction of sp³-hybridized carbons (Fsp3) is 0.778. The van der Waals surface area contributed by atoms with Gasteiger partial charge in [0.25, 0.3) is 0 Å². The topological polar surface area (TPSA) is 64.6 Å². The van der Waals surface area contributed by atoms with Gasteiger partial charge in [0, 0.05) is 0 Å². The van der Waals surface area contributed by atoms with Crippen molar-refractivity contribution in [2.24, 2.45) is 0 Å². The summed E-state index contributed by atoms with van der Waals surface area (Å²) in [4.78, 5) is 21.6. The number of hydrogen-bond acceptors (Lipinski definition) is 4. The Hall–Kier alpha value is -1.24. The number of aldehydes is 1. The van der Waals surface area contributed by atoms with Crippen LogP contribution in [0.3, 0.4) is 0 Å². The fourth-order valence-corrected chi connectivity index (χ4v) is 0.750. The van der Waals surface area contributed by atoms with Gasteiger partial charge in [0.15, 0.2) is 0 Å². The number of carbonyl (C=O) groups excluding carboxylic acids is 2. The van der Waals surface area contributed by atoms with Crippen molar-refractivity contribution in [3.8, 4) is 0 Å². The van der Waals surface area contributed by atoms with Crippen molar-refractivity contribution in [1.29, 1.82) is 0 Å². The van der Waals surface area contributed by atoms with Gasteiger partial charge in [-0.3, -0.25) is 0 Å². The van der Waals surface area contributed by atoms with E-state index in [1.807, 2.05) is 0 Å². The van der Waals surface area contributed by atoms with E-state index in [-0.39, 0.29) is 0 Å². The lowest BCUT2D eigenvalue weighted by molar-refractivity contribution is -0.137. The first-order chi connectivity index (χ1) is 7.24. The van der Waals surface area contributed by atoms with Gasteiger partial charge < -0.3 is 19.6 Å². The second-order valence-corrected chi connectivity index (χ2v) is 3.98. The molecule has 1 N–H and O–H groups in total. The van der Waals surface area contributed by atoms with Crippen LogP contribution in [-0.4, -0.2) is 37.2 Å². The summed E-state index contributed by atoms with van der Waals surface area (Å²) >= 11 is 0. The molecule has 0 aliphatic carbocycles. The SMILES string of the molecule is CC(C)(C)OC(=O)NC(C=O)COC(F)F. The van der Waals surface area contributed by atoms with E-state index in [9.17, 15) is 18.4 Å². The number of carbonyl (C=O) groups is 2. The quantitative estimate of drug-likeness (QED) is 0.735. The first-order valence-electron chi connectivity index (χ1n) is 4.59. The van der Waals surface area contributed by atoms with Gasteiger partial charge in [0.05, 0.1) is 6.61 Å². The van der Waals surface area contributed by atoms with Crippen molar-refractivity contribution in [3.05, 3.63) is 0 Å². The normalized spacial score (nSPS) is 13.4. The Kier molecular flexibility index (Phi) is 5.87. The zero-order valence-electron chi connectivity index (χ0n) is 9.33. The smallest absolute Gasteiger partial charge is 0.408 e. The Balaban J connectivity index is 4.02. The lowest BCUT2D eigenvalue weighted by atomic mass is 10.2. The molecule has 0 aromatic rings. The molecule has 16 heavy (non-hydrogen) atoms. The summed E-state index contributed by atoms with van der Waals surface area (Å²) in [5.41, 5.74) is -0.721. The van der Waals surface area contributed by atoms with Gasteiger partial charge in [-0.2, -0.15) is 8.78 Å². The second kappa shape index (κ2) is 6.37. The van der Waals surface area contributed by atoms with Crippen LogP contribution in [0.25, 0.3) is 0 Å². The van der Waals surface area contributed by atoms with Gasteiger partial charge in [-0.05, 0) is 20.8 Å². The van der Waals surface area contributed by atoms with Gasteiger partial charge in [0.2, 0.25) is 0 Å². The number of hydrogen-bond donors (Lipinski definition) is 1. The van der Waals surface area contributed by atoms with Crippen LogP contribution in [0.15, 0.2) is 0 Å². The minimum Gasteiger partial charge on any atom is -0.444 e. The number of ether oxygens (including phenoxy) is 2. The van der Waals surface area contributed by atoms with Crippen molar-refractivity contribution in [3.63, 3.8) is 0 Å². The van der Waals surface area contributed by atoms with Crippen molar-refractivity contribution in [2.45, 2.75) is 39.0 Å². The number of alkyl carbamates (subject to hydrolysis) is 1. The van der Waals surface area contributed by atoms with Crippen molar-refractivity contribution < 1.29 is 27.8 Å². The summed E-state index contributed by atoms with van der Waals surface area (Å²) < 4.78 is 32.0. The molecule has 0 heterocycles. The molecular weight excluding hydrogens is 224 g/mol. The number of amides is 1. The van der Waals surface area contributed by atoms with Crippen molar-refractivity contribution in [1.82, 2.24) is 5.32 Å². The van der Waals surface area contributed by atoms with E-state index >= 15 is 0 Å². The number of alkyl halides is 2. The highest BCUT2D eigenvalue weighted by molar-refractivity contribution is 5.73. The van der Waals surface area contributed by atoms with Crippen molar-refractivity contribution in [2.75, 3.05) is 6.61 Å². The van der Waals surface area contributed by atoms with E-state index in [1.54, 1.807) is 20.8 Å². The fourth-order valence-electron chi connectivity index (χ4n) is 0.750. The van der Waals surface area contributed by atoms with E-state index in [1.165, 1.54) is 0 Å². The minimum atomic E-state index is -2.98. The van der Waals surface area contributed by atoms with E-state index in [0.29, 0.717) is 6.29 Å². The standard InChI is InChI=1S/C9H15F2NO4/c1-9(2,3)16-8(14)12-6(4-13)5-15-7(10)11/h4,6-7H,5H2,1-3H3,(H,12,14). The molecule has 0 aromatic carbocycles. The molecule has 0 spiro atoms. The monoisotopic (exact) mass is 239 g/mol. The molecule has 0 saturated carbocycles. The highest BCUT2D eigenvalue weighted by Crippen LogP contribution is 2.06. The Bertz CT molecular complexity index is 240. The molecule has 0 aromatic heterocycles. The van der Waals surface area contributed by atoms with Gasteiger partial charge in [-0.15, -0.1) is 0 Å². The molecule has 1 atom stereocenters. The summed E-state index contributed by atoms with van der Waals surface area (Å²) in [5, 5.41) is 2.09. The third-order valence-electron chi connectivity index (χ3n) is 1.27. The molecule has 1 unspecified atom stereocenters. The van der Waals surface area contributed by atoms with Crippen LogP contribution in [0.2, 0.25) is 0 Å². The Labute approximate surface area is 92.1 Å². The molecule has 0 fully saturated rings. The average molecular weight is 239 g/mol. The molecule has 0 aliphatic rings. The summed E-state index contributed by atoms with van der Waals surface area (Å²) in [7, 11) is 0. The number of halogens is 2. The summed E-state index contributed by atoms with van der Waals surface area (Å²) in [6, 6.07) is -1.15. The van der Waals surface area contributed by atoms with E-state index in [0.717, 1.165) is 0 Å². The van der Waals surface area contributed by atoms with E-state index in [4.69, 9.17) is 4.74 Å². The van der Waals surface area contributed by atoms with Crippen LogP contribution < -0.4 is 5.32 Å². The summed E-state index contributed by atoms with van der Waals surface area (Å²) in [6.45, 7) is 1.33. The first kappa shape index (κ1) is 14.8. The molecule has 0 rings (SSSR count). The highest BCUT2D eigenvalue weighted by atomic mass is 19.3. The lowest BCUT2D eigenvalue weighted by Crippen LogP contribution is -2.42. The van der Waals surface area contributed by atoms with Crippen LogP contribution in [0, 0.1) is 0 Å². The maximum absolute atomic E-state index is 11.7. The van der Waals surface area contributed by atoms with Crippen LogP contribution in [0.1, 0.15) is 20.8 Å². The van der Waals surface area contributed by atoms with Gasteiger partial charge in [-0.1, -0.05) is 0 Å². The predicted molar refractivity (Wildman–Crippen MR) is 51.2 cm³/mol. The van der Waals surface area contributed by atoms with Gasteiger partial charge in [-0.25, -0.2) is 4.79 Å². The first-order valence-corrected chi connectivity index (χ1v) is 4.59. The maximum Gasteiger partial charge on any atom is 0.408 e. The molecule has 7 heteroatoms. The molecule has 5 nitrogen and oxygen atoms in total. The third kappa shape index (κ3) is 8.10. The van der Waals surface area contributed by atoms with E-state index in [2.05, 4.69) is 10.1 Å². The number of rotatable bonds is 5. The largest absolute Gasteiger partial charge is 0.444 e. The number of nitrogens with one attached hydrogen (secondary N) is 1. The summed E-state index contributed by atoms with van der Waals surface area (Å²) in [5.74, 6) is 0. The Morgan fingerprint density at radius 1 is 1.44 bits per heavy atom. The van der Waals surface area contributed by atoms with Crippen LogP contribution in [0.5, 0.6) is 0 Å². The van der Waals surface area contributed by atoms with Crippen LogP contribution >= 0.6 is 0 Å². The maximum atomic E-state index is 11.7. The van der Waals surface area contributed by atoms with E-state index < -0.39 is 31.0 Å². The Morgan fingerprint density at radius 2 is 2.00 bits per heavy atom. The molecule has 0 radical (unpaired) electrons. The van der Waals surface area contributed by atoms with Gasteiger partial charge >= 0.3 is 12.7 Å². The van der Waals surface area contributed by atoms with Crippen LogP contribution in [-0.2, 0) is 14.3 Å². The third-order valence-corrected chi connectivity index (χ3v) is 1.27. The Morgan fingerprint density at radius 3 is 2.38 bits per heavy atom. The van der Waals surface area contributed by atoms with Crippen molar-refractivity contribution >= 4 is 12.4 Å². The second-order valence-electron chi connectivity index (χ2n) is 3.98. The molecule has 1 amide bonds. The molecule has 0 bridgehead atoms. The lowest BCUT2D eigenvalue weighted by Gasteiger charge is -2.21. The predicted octanol–water partition coefficient (Wildman–Crippen LogP) is 1.32. The zero-order chi connectivity index (χ0) is 12.8. The molecule has 0 saturated heterocycles. The molecular formula is C9H15F2NO4. The average Bonchev–Trinajstić information content (AvgIpc) is 2.08. The minimum absolute atomic E-state index is 0.298. The van der Waals surface area contributed by atoms with Gasteiger partial charge in [0.1, 0.15) is 17.9 Å². The molecule has 0 aliphatic heterocycles. The van der Waals surface area contributed by atoms with Crippen LogP contribution in [0.4, 0.5) is 13.6 Å². The zero-order valence-corrected chi connectivity index (χ0v) is 9.33. The molecule has 94 valence electrons.